The number of aryl methyl sites for hydroxylation is 2. The van der Waals surface area contributed by atoms with Crippen LogP contribution in [0.1, 0.15) is 34.0 Å². The Kier molecular flexibility index (Phi) is 4.39. The number of carbonyl (C=O) groups excluding carboxylic acids is 1. The summed E-state index contributed by atoms with van der Waals surface area (Å²) in [4.78, 5) is 12.5. The molecule has 1 unspecified atom stereocenters. The minimum absolute atomic E-state index is 0.0411. The molecule has 0 saturated heterocycles. The Hall–Kier alpha value is -2.60. The number of nitrogens with zero attached hydrogens (tertiary/aromatic N) is 1. The van der Waals surface area contributed by atoms with E-state index in [4.69, 9.17) is 10.00 Å². The monoisotopic (exact) mass is 279 g/mol. The van der Waals surface area contributed by atoms with Crippen LogP contribution in [0.5, 0.6) is 5.75 Å². The van der Waals surface area contributed by atoms with Gasteiger partial charge >= 0.3 is 0 Å². The van der Waals surface area contributed by atoms with Crippen molar-refractivity contribution in [1.29, 1.82) is 5.26 Å². The Bertz CT molecular complexity index is 696. The van der Waals surface area contributed by atoms with Gasteiger partial charge in [-0.05, 0) is 56.7 Å². The number of ketones is 1. The van der Waals surface area contributed by atoms with Crippen molar-refractivity contribution < 1.29 is 9.53 Å². The Morgan fingerprint density at radius 3 is 2.43 bits per heavy atom. The van der Waals surface area contributed by atoms with Crippen molar-refractivity contribution in [2.75, 3.05) is 0 Å². The smallest absolute Gasteiger partial charge is 0.203 e. The zero-order valence-electron chi connectivity index (χ0n) is 12.4. The highest BCUT2D eigenvalue weighted by molar-refractivity contribution is 6.00. The predicted octanol–water partition coefficient (Wildman–Crippen LogP) is 3.83. The second-order valence-corrected chi connectivity index (χ2v) is 5.08. The maximum atomic E-state index is 12.5. The van der Waals surface area contributed by atoms with Crippen LogP contribution in [0, 0.1) is 25.2 Å². The molecular weight excluding hydrogens is 262 g/mol. The maximum Gasteiger partial charge on any atom is 0.203 e. The number of rotatable bonds is 4. The fourth-order valence-electron chi connectivity index (χ4n) is 2.09. The van der Waals surface area contributed by atoms with Gasteiger partial charge in [0.1, 0.15) is 5.75 Å². The summed E-state index contributed by atoms with van der Waals surface area (Å²) in [6.07, 6.45) is -0.571. The van der Waals surface area contributed by atoms with Gasteiger partial charge in [0.05, 0.1) is 11.6 Å². The van der Waals surface area contributed by atoms with E-state index in [9.17, 15) is 4.79 Å². The van der Waals surface area contributed by atoms with E-state index < -0.39 is 6.10 Å². The molecule has 1 atom stereocenters. The number of hydrogen-bond acceptors (Lipinski definition) is 3. The molecule has 21 heavy (non-hydrogen) atoms. The Balaban J connectivity index is 2.15. The molecule has 0 bridgehead atoms. The van der Waals surface area contributed by atoms with Crippen molar-refractivity contribution in [3.63, 3.8) is 0 Å². The summed E-state index contributed by atoms with van der Waals surface area (Å²) < 4.78 is 5.67. The lowest BCUT2D eigenvalue weighted by Crippen LogP contribution is -2.24. The molecule has 0 aliphatic carbocycles. The van der Waals surface area contributed by atoms with Crippen molar-refractivity contribution >= 4 is 5.78 Å². The molecule has 2 rings (SSSR count). The van der Waals surface area contributed by atoms with Crippen LogP contribution in [-0.2, 0) is 0 Å². The number of hydrogen-bond donors (Lipinski definition) is 0. The SMILES string of the molecule is Cc1ccc(C)c(C(=O)C(C)Oc2ccc(C#N)cc2)c1. The molecule has 0 spiro atoms. The molecule has 0 saturated carbocycles. The Morgan fingerprint density at radius 1 is 1.14 bits per heavy atom. The van der Waals surface area contributed by atoms with Crippen LogP contribution in [-0.4, -0.2) is 11.9 Å². The third-order valence-electron chi connectivity index (χ3n) is 3.32. The number of nitriles is 1. The van der Waals surface area contributed by atoms with E-state index in [1.807, 2.05) is 38.1 Å². The highest BCUT2D eigenvalue weighted by Gasteiger charge is 2.18. The zero-order valence-corrected chi connectivity index (χ0v) is 12.4. The van der Waals surface area contributed by atoms with Gasteiger partial charge in [-0.25, -0.2) is 0 Å². The topological polar surface area (TPSA) is 50.1 Å². The second kappa shape index (κ2) is 6.23. The first-order valence-electron chi connectivity index (χ1n) is 6.79. The van der Waals surface area contributed by atoms with Gasteiger partial charge in [0.25, 0.3) is 0 Å². The van der Waals surface area contributed by atoms with Crippen LogP contribution in [0.4, 0.5) is 0 Å². The number of ether oxygens (including phenoxy) is 1. The summed E-state index contributed by atoms with van der Waals surface area (Å²) in [6, 6.07) is 14.6. The van der Waals surface area contributed by atoms with Crippen LogP contribution in [0.2, 0.25) is 0 Å². The molecule has 3 heteroatoms. The van der Waals surface area contributed by atoms with Gasteiger partial charge in [0.15, 0.2) is 6.10 Å². The van der Waals surface area contributed by atoms with E-state index in [-0.39, 0.29) is 5.78 Å². The summed E-state index contributed by atoms with van der Waals surface area (Å²) in [5, 5.41) is 8.76. The standard InChI is InChI=1S/C18H17NO2/c1-12-4-5-13(2)17(10-12)18(20)14(3)21-16-8-6-15(11-19)7-9-16/h4-10,14H,1-3H3. The molecule has 2 aromatic carbocycles. The number of Topliss-reactive ketones (excluding diaryl/α,β-unsaturated/α-hetero) is 1. The van der Waals surface area contributed by atoms with Gasteiger partial charge in [-0.15, -0.1) is 0 Å². The Morgan fingerprint density at radius 2 is 1.81 bits per heavy atom. The summed E-state index contributed by atoms with van der Waals surface area (Å²) >= 11 is 0. The maximum absolute atomic E-state index is 12.5. The molecule has 0 N–H and O–H groups in total. The van der Waals surface area contributed by atoms with E-state index in [1.54, 1.807) is 31.2 Å². The molecule has 0 fully saturated rings. The second-order valence-electron chi connectivity index (χ2n) is 5.08. The number of carbonyl (C=O) groups is 1. The average molecular weight is 279 g/mol. The summed E-state index contributed by atoms with van der Waals surface area (Å²) in [6.45, 7) is 5.62. The van der Waals surface area contributed by atoms with Gasteiger partial charge in [-0.2, -0.15) is 5.26 Å². The lowest BCUT2D eigenvalue weighted by Gasteiger charge is -2.15. The highest BCUT2D eigenvalue weighted by atomic mass is 16.5. The number of benzene rings is 2. The van der Waals surface area contributed by atoms with Gasteiger partial charge in [0, 0.05) is 5.56 Å². The van der Waals surface area contributed by atoms with Crippen LogP contribution in [0.3, 0.4) is 0 Å². The van der Waals surface area contributed by atoms with Crippen molar-refractivity contribution in [2.24, 2.45) is 0 Å². The average Bonchev–Trinajstić information content (AvgIpc) is 2.49. The van der Waals surface area contributed by atoms with E-state index >= 15 is 0 Å². The van der Waals surface area contributed by atoms with E-state index in [0.29, 0.717) is 16.9 Å². The molecule has 106 valence electrons. The molecule has 0 radical (unpaired) electrons. The van der Waals surface area contributed by atoms with Crippen LogP contribution in [0.15, 0.2) is 42.5 Å². The van der Waals surface area contributed by atoms with Crippen LogP contribution >= 0.6 is 0 Å². The van der Waals surface area contributed by atoms with E-state index in [2.05, 4.69) is 0 Å². The molecule has 2 aromatic rings. The normalized spacial score (nSPS) is 11.5. The first kappa shape index (κ1) is 14.8. The summed E-state index contributed by atoms with van der Waals surface area (Å²) in [5.41, 5.74) is 3.25. The minimum atomic E-state index is -0.571. The van der Waals surface area contributed by atoms with Crippen molar-refractivity contribution in [1.82, 2.24) is 0 Å². The molecule has 0 aliphatic rings. The lowest BCUT2D eigenvalue weighted by atomic mass is 9.99. The molecule has 3 nitrogen and oxygen atoms in total. The highest BCUT2D eigenvalue weighted by Crippen LogP contribution is 2.18. The van der Waals surface area contributed by atoms with Gasteiger partial charge in [0.2, 0.25) is 5.78 Å². The lowest BCUT2D eigenvalue weighted by molar-refractivity contribution is 0.0817. The fourth-order valence-corrected chi connectivity index (χ4v) is 2.09. The van der Waals surface area contributed by atoms with Gasteiger partial charge in [-0.3, -0.25) is 4.79 Å². The first-order chi connectivity index (χ1) is 10.0. The summed E-state index contributed by atoms with van der Waals surface area (Å²) in [5.74, 6) is 0.542. The fraction of sp³-hybridized carbons (Fsp3) is 0.222. The van der Waals surface area contributed by atoms with Crippen molar-refractivity contribution in [2.45, 2.75) is 26.9 Å². The zero-order chi connectivity index (χ0) is 15.4. The van der Waals surface area contributed by atoms with Gasteiger partial charge < -0.3 is 4.74 Å². The van der Waals surface area contributed by atoms with Gasteiger partial charge in [-0.1, -0.05) is 17.7 Å². The van der Waals surface area contributed by atoms with Crippen molar-refractivity contribution in [3.05, 3.63) is 64.7 Å². The Labute approximate surface area is 124 Å². The molecule has 0 heterocycles. The molecule has 0 aliphatic heterocycles. The van der Waals surface area contributed by atoms with Crippen LogP contribution < -0.4 is 4.74 Å². The third-order valence-corrected chi connectivity index (χ3v) is 3.32. The van der Waals surface area contributed by atoms with E-state index in [0.717, 1.165) is 11.1 Å². The first-order valence-corrected chi connectivity index (χ1v) is 6.79. The van der Waals surface area contributed by atoms with Crippen LogP contribution in [0.25, 0.3) is 0 Å². The largest absolute Gasteiger partial charge is 0.483 e. The van der Waals surface area contributed by atoms with Crippen molar-refractivity contribution in [3.8, 4) is 11.8 Å². The quantitative estimate of drug-likeness (QED) is 0.799. The molecule has 0 amide bonds. The molecule has 0 aromatic heterocycles. The van der Waals surface area contributed by atoms with E-state index in [1.165, 1.54) is 0 Å². The molecular formula is C18H17NO2. The predicted molar refractivity (Wildman–Crippen MR) is 81.5 cm³/mol. The summed E-state index contributed by atoms with van der Waals surface area (Å²) in [7, 11) is 0. The third kappa shape index (κ3) is 3.49. The minimum Gasteiger partial charge on any atom is -0.483 e.